The molecule has 1 N–H and O–H groups in total. The highest BCUT2D eigenvalue weighted by Crippen LogP contribution is 2.24. The molecule has 2 atom stereocenters. The predicted octanol–water partition coefficient (Wildman–Crippen LogP) is 1.93. The van der Waals surface area contributed by atoms with E-state index in [1.54, 1.807) is 7.11 Å². The molecule has 1 aromatic carbocycles. The zero-order valence-electron chi connectivity index (χ0n) is 12.8. The van der Waals surface area contributed by atoms with Gasteiger partial charge in [0.1, 0.15) is 5.75 Å². The van der Waals surface area contributed by atoms with Crippen molar-refractivity contribution in [3.05, 3.63) is 29.3 Å². The highest BCUT2D eigenvalue weighted by atomic mass is 16.5. The largest absolute Gasteiger partial charge is 0.496 e. The van der Waals surface area contributed by atoms with Crippen LogP contribution in [-0.4, -0.2) is 48.9 Å². The van der Waals surface area contributed by atoms with Crippen molar-refractivity contribution in [1.29, 1.82) is 0 Å². The third-order valence-corrected chi connectivity index (χ3v) is 4.09. The molecule has 2 unspecified atom stereocenters. The summed E-state index contributed by atoms with van der Waals surface area (Å²) in [5, 5.41) is 9.28. The van der Waals surface area contributed by atoms with Crippen molar-refractivity contribution in [2.75, 3.05) is 26.9 Å². The lowest BCUT2D eigenvalue weighted by molar-refractivity contribution is -0.143. The smallest absolute Gasteiger partial charge is 0.310 e. The van der Waals surface area contributed by atoms with Crippen LogP contribution in [0.2, 0.25) is 0 Å². The zero-order chi connectivity index (χ0) is 15.4. The Bertz CT molecular complexity index is 503. The Morgan fingerprint density at radius 1 is 1.48 bits per heavy atom. The number of benzene rings is 1. The monoisotopic (exact) mass is 293 g/mol. The molecule has 1 aliphatic rings. The third kappa shape index (κ3) is 3.54. The van der Waals surface area contributed by atoms with Gasteiger partial charge in [0.2, 0.25) is 0 Å². The van der Waals surface area contributed by atoms with Crippen LogP contribution in [0.1, 0.15) is 18.1 Å². The number of carbonyl (C=O) groups is 1. The highest BCUT2D eigenvalue weighted by molar-refractivity contribution is 5.71. The quantitative estimate of drug-likeness (QED) is 0.868. The van der Waals surface area contributed by atoms with E-state index in [2.05, 4.69) is 11.0 Å². The molecule has 5 heteroatoms. The van der Waals surface area contributed by atoms with Gasteiger partial charge in [0.15, 0.2) is 0 Å². The van der Waals surface area contributed by atoms with Crippen LogP contribution in [0.4, 0.5) is 0 Å². The molecule has 0 saturated carbocycles. The summed E-state index contributed by atoms with van der Waals surface area (Å²) in [5.41, 5.74) is 2.25. The number of hydrogen-bond donors (Lipinski definition) is 1. The van der Waals surface area contributed by atoms with Crippen molar-refractivity contribution in [2.24, 2.45) is 5.92 Å². The standard InChI is InChI=1S/C16H23NO4/c1-4-17(14-10-21-9-13(14)16(18)19)8-12-5-6-15(20-3)11(2)7-12/h5-7,13-14H,4,8-10H2,1-3H3,(H,18,19). The van der Waals surface area contributed by atoms with Crippen molar-refractivity contribution in [1.82, 2.24) is 4.90 Å². The maximum Gasteiger partial charge on any atom is 0.310 e. The molecule has 1 aromatic rings. The van der Waals surface area contributed by atoms with Crippen LogP contribution in [0.5, 0.6) is 5.75 Å². The molecule has 5 nitrogen and oxygen atoms in total. The Hall–Kier alpha value is -1.59. The van der Waals surface area contributed by atoms with Crippen LogP contribution in [0.25, 0.3) is 0 Å². The Kier molecular flexibility index (Phi) is 5.20. The van der Waals surface area contributed by atoms with Crippen LogP contribution >= 0.6 is 0 Å². The first kappa shape index (κ1) is 15.8. The number of rotatable bonds is 6. The van der Waals surface area contributed by atoms with Gasteiger partial charge < -0.3 is 14.6 Å². The average Bonchev–Trinajstić information content (AvgIpc) is 2.94. The third-order valence-electron chi connectivity index (χ3n) is 4.09. The van der Waals surface area contributed by atoms with Gasteiger partial charge in [-0.05, 0) is 30.7 Å². The van der Waals surface area contributed by atoms with E-state index in [1.165, 1.54) is 0 Å². The Labute approximate surface area is 125 Å². The normalized spacial score (nSPS) is 21.7. The summed E-state index contributed by atoms with van der Waals surface area (Å²) in [5.74, 6) is -0.347. The van der Waals surface area contributed by atoms with E-state index >= 15 is 0 Å². The Morgan fingerprint density at radius 2 is 2.24 bits per heavy atom. The molecule has 1 heterocycles. The van der Waals surface area contributed by atoms with E-state index in [-0.39, 0.29) is 6.04 Å². The van der Waals surface area contributed by atoms with Gasteiger partial charge in [-0.15, -0.1) is 0 Å². The molecule has 0 aromatic heterocycles. The zero-order valence-corrected chi connectivity index (χ0v) is 12.8. The number of nitrogens with zero attached hydrogens (tertiary/aromatic N) is 1. The van der Waals surface area contributed by atoms with Gasteiger partial charge >= 0.3 is 5.97 Å². The Balaban J connectivity index is 2.12. The maximum atomic E-state index is 11.3. The lowest BCUT2D eigenvalue weighted by Crippen LogP contribution is -2.42. The van der Waals surface area contributed by atoms with Crippen LogP contribution < -0.4 is 4.74 Å². The number of aryl methyl sites for hydroxylation is 1. The van der Waals surface area contributed by atoms with E-state index in [0.717, 1.165) is 30.0 Å². The summed E-state index contributed by atoms with van der Waals surface area (Å²) >= 11 is 0. The molecular weight excluding hydrogens is 270 g/mol. The molecule has 0 radical (unpaired) electrons. The summed E-state index contributed by atoms with van der Waals surface area (Å²) in [4.78, 5) is 13.5. The van der Waals surface area contributed by atoms with Crippen molar-refractivity contribution < 1.29 is 19.4 Å². The van der Waals surface area contributed by atoms with Gasteiger partial charge in [0, 0.05) is 12.6 Å². The molecular formula is C16H23NO4. The fraction of sp³-hybridized carbons (Fsp3) is 0.562. The van der Waals surface area contributed by atoms with Gasteiger partial charge in [-0.25, -0.2) is 0 Å². The minimum atomic E-state index is -0.776. The van der Waals surface area contributed by atoms with Crippen LogP contribution in [-0.2, 0) is 16.1 Å². The second kappa shape index (κ2) is 6.91. The second-order valence-corrected chi connectivity index (χ2v) is 5.42. The lowest BCUT2D eigenvalue weighted by Gasteiger charge is -2.29. The minimum Gasteiger partial charge on any atom is -0.496 e. The van der Waals surface area contributed by atoms with Crippen molar-refractivity contribution in [2.45, 2.75) is 26.4 Å². The summed E-state index contributed by atoms with van der Waals surface area (Å²) in [6.07, 6.45) is 0. The first-order valence-electron chi connectivity index (χ1n) is 7.25. The molecule has 0 aliphatic carbocycles. The van der Waals surface area contributed by atoms with E-state index in [4.69, 9.17) is 9.47 Å². The highest BCUT2D eigenvalue weighted by Gasteiger charge is 2.37. The van der Waals surface area contributed by atoms with Gasteiger partial charge in [-0.3, -0.25) is 9.69 Å². The molecule has 0 bridgehead atoms. The first-order valence-corrected chi connectivity index (χ1v) is 7.25. The lowest BCUT2D eigenvalue weighted by atomic mass is 10.0. The number of likely N-dealkylation sites (N-methyl/N-ethyl adjacent to an activating group) is 1. The molecule has 0 spiro atoms. The van der Waals surface area contributed by atoms with E-state index in [0.29, 0.717) is 13.2 Å². The molecule has 116 valence electrons. The molecule has 0 amide bonds. The SMILES string of the molecule is CCN(Cc1ccc(OC)c(C)c1)C1COCC1C(=O)O. The molecule has 21 heavy (non-hydrogen) atoms. The topological polar surface area (TPSA) is 59.0 Å². The van der Waals surface area contributed by atoms with Crippen molar-refractivity contribution in [3.8, 4) is 5.75 Å². The van der Waals surface area contributed by atoms with Gasteiger partial charge in [0.25, 0.3) is 0 Å². The molecule has 1 fully saturated rings. The van der Waals surface area contributed by atoms with Crippen LogP contribution in [0.3, 0.4) is 0 Å². The molecule has 1 saturated heterocycles. The Morgan fingerprint density at radius 3 is 2.81 bits per heavy atom. The van der Waals surface area contributed by atoms with Gasteiger partial charge in [0.05, 0.1) is 26.2 Å². The number of methoxy groups -OCH3 is 1. The maximum absolute atomic E-state index is 11.3. The van der Waals surface area contributed by atoms with E-state index < -0.39 is 11.9 Å². The fourth-order valence-electron chi connectivity index (χ4n) is 2.88. The average molecular weight is 293 g/mol. The number of carboxylic acid groups (broad SMARTS) is 1. The number of aliphatic carboxylic acids is 1. The van der Waals surface area contributed by atoms with Gasteiger partial charge in [-0.1, -0.05) is 19.1 Å². The summed E-state index contributed by atoms with van der Waals surface area (Å²) < 4.78 is 10.6. The number of carboxylic acids is 1. The van der Waals surface area contributed by atoms with E-state index in [1.807, 2.05) is 26.0 Å². The first-order chi connectivity index (χ1) is 10.1. The molecule has 2 rings (SSSR count). The van der Waals surface area contributed by atoms with Crippen molar-refractivity contribution >= 4 is 5.97 Å². The van der Waals surface area contributed by atoms with Crippen molar-refractivity contribution in [3.63, 3.8) is 0 Å². The van der Waals surface area contributed by atoms with Gasteiger partial charge in [-0.2, -0.15) is 0 Å². The molecule has 1 aliphatic heterocycles. The number of ether oxygens (including phenoxy) is 2. The van der Waals surface area contributed by atoms with Crippen LogP contribution in [0, 0.1) is 12.8 Å². The summed E-state index contributed by atoms with van der Waals surface area (Å²) in [7, 11) is 1.66. The summed E-state index contributed by atoms with van der Waals surface area (Å²) in [6, 6.07) is 6.01. The summed E-state index contributed by atoms with van der Waals surface area (Å²) in [6.45, 7) is 6.37. The van der Waals surface area contributed by atoms with E-state index in [9.17, 15) is 9.90 Å². The number of hydrogen-bond acceptors (Lipinski definition) is 4. The second-order valence-electron chi connectivity index (χ2n) is 5.42. The fourth-order valence-corrected chi connectivity index (χ4v) is 2.88. The predicted molar refractivity (Wildman–Crippen MR) is 79.5 cm³/mol. The minimum absolute atomic E-state index is 0.0603. The van der Waals surface area contributed by atoms with Crippen LogP contribution in [0.15, 0.2) is 18.2 Å².